The molecule has 58 heavy (non-hydrogen) atoms. The third-order valence-corrected chi connectivity index (χ3v) is 11.3. The van der Waals surface area contributed by atoms with Crippen molar-refractivity contribution in [2.24, 2.45) is 5.41 Å². The number of benzene rings is 3. The van der Waals surface area contributed by atoms with Crippen LogP contribution in [0.25, 0.3) is 0 Å². The molecule has 0 atom stereocenters. The highest BCUT2D eigenvalue weighted by Crippen LogP contribution is 2.41. The Morgan fingerprint density at radius 1 is 0.534 bits per heavy atom. The molecular formula is C54H82O4. The van der Waals surface area contributed by atoms with E-state index in [4.69, 9.17) is 14.2 Å². The first-order valence-electron chi connectivity index (χ1n) is 22.3. The summed E-state index contributed by atoms with van der Waals surface area (Å²) in [4.78, 5) is 0. The molecule has 0 bridgehead atoms. The molecule has 1 N–H and O–H groups in total. The highest BCUT2D eigenvalue weighted by atomic mass is 16.5. The largest absolute Gasteiger partial charge is 0.507 e. The lowest BCUT2D eigenvalue weighted by Crippen LogP contribution is -2.16. The van der Waals surface area contributed by atoms with E-state index in [0.29, 0.717) is 44.8 Å². The van der Waals surface area contributed by atoms with Crippen LogP contribution in [0.3, 0.4) is 0 Å². The molecule has 4 heteroatoms. The molecule has 0 saturated heterocycles. The fourth-order valence-corrected chi connectivity index (χ4v) is 6.99. The molecule has 4 nitrogen and oxygen atoms in total. The second kappa shape index (κ2) is 20.1. The van der Waals surface area contributed by atoms with Crippen molar-refractivity contribution in [3.8, 4) is 17.2 Å². The molecule has 0 unspecified atom stereocenters. The summed E-state index contributed by atoms with van der Waals surface area (Å²) in [5, 5.41) is 12.4. The van der Waals surface area contributed by atoms with Gasteiger partial charge >= 0.3 is 0 Å². The van der Waals surface area contributed by atoms with Gasteiger partial charge in [0.25, 0.3) is 0 Å². The van der Waals surface area contributed by atoms with Crippen LogP contribution in [0, 0.1) is 5.41 Å². The SMILES string of the molecule is CCCO/C(C)=C(/C=C(\C)C(C)(C)C)Cc1cc(C(C)(C)C)cc(Cc2cc(C(C)(C)C)cc(Cc3cc(C(C)(C)C)cc(CC)c3OCCC)c2OCCC)c1O. The first-order valence-corrected chi connectivity index (χ1v) is 22.3. The van der Waals surface area contributed by atoms with Gasteiger partial charge in [0.05, 0.1) is 25.6 Å². The smallest absolute Gasteiger partial charge is 0.126 e. The summed E-state index contributed by atoms with van der Waals surface area (Å²) in [6.45, 7) is 42.1. The number of aryl methyl sites for hydroxylation is 1. The highest BCUT2D eigenvalue weighted by molar-refractivity contribution is 5.56. The van der Waals surface area contributed by atoms with Crippen LogP contribution in [0.1, 0.15) is 194 Å². The van der Waals surface area contributed by atoms with Crippen molar-refractivity contribution in [2.45, 2.75) is 186 Å². The fraction of sp³-hybridized carbons (Fsp3) is 0.593. The van der Waals surface area contributed by atoms with Gasteiger partial charge in [0, 0.05) is 19.3 Å². The van der Waals surface area contributed by atoms with Crippen molar-refractivity contribution in [2.75, 3.05) is 19.8 Å². The van der Waals surface area contributed by atoms with E-state index in [1.54, 1.807) is 0 Å². The minimum Gasteiger partial charge on any atom is -0.507 e. The van der Waals surface area contributed by atoms with Crippen LogP contribution in [-0.2, 0) is 46.7 Å². The van der Waals surface area contributed by atoms with Gasteiger partial charge in [0.15, 0.2) is 0 Å². The molecule has 3 aromatic rings. The van der Waals surface area contributed by atoms with Crippen LogP contribution in [0.5, 0.6) is 17.2 Å². The van der Waals surface area contributed by atoms with E-state index in [9.17, 15) is 5.11 Å². The topological polar surface area (TPSA) is 47.9 Å². The number of hydrogen-bond acceptors (Lipinski definition) is 4. The fourth-order valence-electron chi connectivity index (χ4n) is 6.99. The molecule has 0 spiro atoms. The Morgan fingerprint density at radius 3 is 1.31 bits per heavy atom. The molecule has 0 fully saturated rings. The lowest BCUT2D eigenvalue weighted by atomic mass is 9.80. The Hall–Kier alpha value is -3.66. The molecule has 0 radical (unpaired) electrons. The zero-order chi connectivity index (χ0) is 43.8. The van der Waals surface area contributed by atoms with Gasteiger partial charge in [-0.2, -0.15) is 0 Å². The van der Waals surface area contributed by atoms with Gasteiger partial charge in [0.2, 0.25) is 0 Å². The Labute approximate surface area is 355 Å². The standard InChI is InChI=1S/C54H82O4/c1-19-23-56-37(6)39(26-36(5)51(7,8)9)27-40-31-46(53(13,14)15)32-41(48(40)55)28-42-33-47(54(16,17)18)35-44(50(42)58-25-21-3)29-43-34-45(52(10,11)12)30-38(22-4)49(43)57-24-20-2/h26,30-35,55H,19-25,27-29H2,1-18H3/b36-26+,39-37-. The van der Waals surface area contributed by atoms with Crippen LogP contribution in [-0.4, -0.2) is 24.9 Å². The zero-order valence-electron chi connectivity index (χ0n) is 40.3. The number of phenolic OH excluding ortho intramolecular Hbond substituents is 1. The zero-order valence-corrected chi connectivity index (χ0v) is 40.3. The average molecular weight is 795 g/mol. The van der Waals surface area contributed by atoms with Crippen LogP contribution < -0.4 is 9.47 Å². The summed E-state index contributed by atoms with van der Waals surface area (Å²) in [5.41, 5.74) is 12.5. The number of aromatic hydroxyl groups is 1. The summed E-state index contributed by atoms with van der Waals surface area (Å²) < 4.78 is 19.7. The van der Waals surface area contributed by atoms with Crippen molar-refractivity contribution in [3.05, 3.63) is 109 Å². The summed E-state index contributed by atoms with van der Waals surface area (Å²) in [5.74, 6) is 3.19. The summed E-state index contributed by atoms with van der Waals surface area (Å²) in [6.07, 6.45) is 7.78. The Balaban J connectivity index is 2.39. The van der Waals surface area contributed by atoms with Crippen molar-refractivity contribution < 1.29 is 19.3 Å². The van der Waals surface area contributed by atoms with Crippen molar-refractivity contribution in [3.63, 3.8) is 0 Å². The van der Waals surface area contributed by atoms with Crippen LogP contribution in [0.2, 0.25) is 0 Å². The van der Waals surface area contributed by atoms with Crippen LogP contribution in [0.15, 0.2) is 59.4 Å². The maximum absolute atomic E-state index is 12.4. The summed E-state index contributed by atoms with van der Waals surface area (Å²) in [7, 11) is 0. The van der Waals surface area contributed by atoms with Gasteiger partial charge in [-0.3, -0.25) is 0 Å². The predicted molar refractivity (Wildman–Crippen MR) is 250 cm³/mol. The van der Waals surface area contributed by atoms with E-state index in [0.717, 1.165) is 70.8 Å². The monoisotopic (exact) mass is 795 g/mol. The minimum absolute atomic E-state index is 0.00776. The lowest BCUT2D eigenvalue weighted by molar-refractivity contribution is 0.211. The summed E-state index contributed by atoms with van der Waals surface area (Å²) in [6, 6.07) is 13.9. The second-order valence-electron chi connectivity index (χ2n) is 20.7. The Morgan fingerprint density at radius 2 is 0.914 bits per heavy atom. The van der Waals surface area contributed by atoms with Gasteiger partial charge in [-0.05, 0) is 117 Å². The molecule has 0 aliphatic heterocycles. The predicted octanol–water partition coefficient (Wildman–Crippen LogP) is 14.8. The molecule has 0 heterocycles. The van der Waals surface area contributed by atoms with E-state index in [2.05, 4.69) is 167 Å². The van der Waals surface area contributed by atoms with Gasteiger partial charge < -0.3 is 19.3 Å². The van der Waals surface area contributed by atoms with Gasteiger partial charge in [0.1, 0.15) is 17.2 Å². The number of hydrogen-bond donors (Lipinski definition) is 1. The first-order chi connectivity index (χ1) is 26.8. The highest BCUT2D eigenvalue weighted by Gasteiger charge is 2.26. The van der Waals surface area contributed by atoms with E-state index in [1.165, 1.54) is 33.4 Å². The van der Waals surface area contributed by atoms with Crippen molar-refractivity contribution >= 4 is 0 Å². The molecule has 0 saturated carbocycles. The number of ether oxygens (including phenoxy) is 3. The van der Waals surface area contributed by atoms with Gasteiger partial charge in [-0.1, -0.05) is 159 Å². The summed E-state index contributed by atoms with van der Waals surface area (Å²) >= 11 is 0. The second-order valence-corrected chi connectivity index (χ2v) is 20.7. The Bertz CT molecular complexity index is 1890. The molecular weight excluding hydrogens is 713 g/mol. The van der Waals surface area contributed by atoms with E-state index in [-0.39, 0.29) is 21.7 Å². The normalized spacial score (nSPS) is 13.4. The molecule has 0 aliphatic rings. The molecule has 3 aromatic carbocycles. The number of rotatable bonds is 17. The molecule has 3 rings (SSSR count). The maximum Gasteiger partial charge on any atom is 0.126 e. The average Bonchev–Trinajstić information content (AvgIpc) is 3.11. The minimum atomic E-state index is -0.129. The van der Waals surface area contributed by atoms with Crippen molar-refractivity contribution in [1.82, 2.24) is 0 Å². The quantitative estimate of drug-likeness (QED) is 0.109. The van der Waals surface area contributed by atoms with Gasteiger partial charge in [-0.25, -0.2) is 0 Å². The molecule has 0 aliphatic carbocycles. The number of phenols is 1. The maximum atomic E-state index is 12.4. The molecule has 0 aromatic heterocycles. The lowest BCUT2D eigenvalue weighted by Gasteiger charge is -2.27. The molecule has 322 valence electrons. The van der Waals surface area contributed by atoms with E-state index < -0.39 is 0 Å². The third kappa shape index (κ3) is 13.2. The third-order valence-electron chi connectivity index (χ3n) is 11.3. The van der Waals surface area contributed by atoms with Crippen LogP contribution in [0.4, 0.5) is 0 Å². The van der Waals surface area contributed by atoms with Crippen LogP contribution >= 0.6 is 0 Å². The molecule has 0 amide bonds. The van der Waals surface area contributed by atoms with E-state index >= 15 is 0 Å². The first kappa shape index (κ1) is 48.7. The van der Waals surface area contributed by atoms with Gasteiger partial charge in [-0.15, -0.1) is 0 Å². The number of allylic oxidation sites excluding steroid dienone is 4. The van der Waals surface area contributed by atoms with Crippen molar-refractivity contribution in [1.29, 1.82) is 0 Å². The van der Waals surface area contributed by atoms with E-state index in [1.807, 2.05) is 0 Å². The Kier molecular flexibility index (Phi) is 16.8.